The van der Waals surface area contributed by atoms with Crippen LogP contribution in [-0.4, -0.2) is 35.7 Å². The quantitative estimate of drug-likeness (QED) is 0.767. The first-order valence-electron chi connectivity index (χ1n) is 5.01. The van der Waals surface area contributed by atoms with Gasteiger partial charge in [-0.15, -0.1) is 0 Å². The van der Waals surface area contributed by atoms with Gasteiger partial charge in [-0.3, -0.25) is 4.68 Å². The summed E-state index contributed by atoms with van der Waals surface area (Å²) in [6, 6.07) is 0. The highest BCUT2D eigenvalue weighted by molar-refractivity contribution is 5.27. The number of aliphatic hydroxyl groups is 1. The highest BCUT2D eigenvalue weighted by Crippen LogP contribution is 2.25. The van der Waals surface area contributed by atoms with Gasteiger partial charge >= 0.3 is 0 Å². The summed E-state index contributed by atoms with van der Waals surface area (Å²) in [7, 11) is 3.12. The summed E-state index contributed by atoms with van der Waals surface area (Å²) in [4.78, 5) is 0. The number of aliphatic hydroxyl groups excluding tert-OH is 1. The van der Waals surface area contributed by atoms with Gasteiger partial charge in [0.25, 0.3) is 0 Å². The van der Waals surface area contributed by atoms with Gasteiger partial charge in [0.2, 0.25) is 0 Å². The van der Waals surface area contributed by atoms with Crippen LogP contribution in [-0.2, 0) is 11.3 Å². The van der Waals surface area contributed by atoms with Crippen molar-refractivity contribution in [2.45, 2.75) is 26.0 Å². The molecule has 1 atom stereocenters. The third-order valence-electron chi connectivity index (χ3n) is 2.14. The number of nitrogens with zero attached hydrogens (tertiary/aromatic N) is 2. The van der Waals surface area contributed by atoms with Gasteiger partial charge in [0.15, 0.2) is 5.75 Å². The number of aryl methyl sites for hydroxylation is 1. The molecule has 1 aromatic rings. The Kier molecular flexibility index (Phi) is 4.58. The number of hydrogen-bond acceptors (Lipinski definition) is 4. The molecule has 1 aromatic heterocycles. The lowest BCUT2D eigenvalue weighted by Gasteiger charge is -2.13. The van der Waals surface area contributed by atoms with Crippen LogP contribution < -0.4 is 4.74 Å². The Balaban J connectivity index is 2.93. The molecule has 1 heterocycles. The zero-order valence-corrected chi connectivity index (χ0v) is 9.43. The molecule has 0 aliphatic carbocycles. The predicted octanol–water partition coefficient (Wildman–Crippen LogP) is 0.982. The first kappa shape index (κ1) is 12.0. The number of ether oxygens (including phenoxy) is 2. The van der Waals surface area contributed by atoms with Crippen LogP contribution in [0.1, 0.15) is 25.1 Å². The van der Waals surface area contributed by atoms with E-state index in [4.69, 9.17) is 9.47 Å². The van der Waals surface area contributed by atoms with E-state index < -0.39 is 6.10 Å². The van der Waals surface area contributed by atoms with E-state index in [9.17, 15) is 5.11 Å². The molecule has 0 spiro atoms. The van der Waals surface area contributed by atoms with Crippen LogP contribution in [0.15, 0.2) is 6.20 Å². The normalized spacial score (nSPS) is 12.8. The fourth-order valence-corrected chi connectivity index (χ4v) is 1.50. The van der Waals surface area contributed by atoms with Crippen molar-refractivity contribution < 1.29 is 14.6 Å². The van der Waals surface area contributed by atoms with Crippen LogP contribution in [0.4, 0.5) is 0 Å². The van der Waals surface area contributed by atoms with Crippen molar-refractivity contribution in [3.63, 3.8) is 0 Å². The Bertz CT molecular complexity index is 299. The molecule has 1 unspecified atom stereocenters. The second-order valence-corrected chi connectivity index (χ2v) is 3.29. The molecule has 5 heteroatoms. The van der Waals surface area contributed by atoms with E-state index >= 15 is 0 Å². The summed E-state index contributed by atoms with van der Waals surface area (Å²) in [5.41, 5.74) is 0.682. The second-order valence-electron chi connectivity index (χ2n) is 3.29. The van der Waals surface area contributed by atoms with Crippen molar-refractivity contribution in [2.24, 2.45) is 0 Å². The molecule has 1 N–H and O–H groups in total. The first-order valence-corrected chi connectivity index (χ1v) is 5.01. The van der Waals surface area contributed by atoms with E-state index in [1.165, 1.54) is 0 Å². The zero-order valence-electron chi connectivity index (χ0n) is 9.43. The van der Waals surface area contributed by atoms with Gasteiger partial charge < -0.3 is 14.6 Å². The average Bonchev–Trinajstić information content (AvgIpc) is 2.62. The van der Waals surface area contributed by atoms with Gasteiger partial charge in [-0.2, -0.15) is 5.10 Å². The number of aromatic nitrogens is 2. The van der Waals surface area contributed by atoms with E-state index in [-0.39, 0.29) is 6.61 Å². The molecule has 0 aliphatic heterocycles. The van der Waals surface area contributed by atoms with Crippen LogP contribution in [0.5, 0.6) is 5.75 Å². The summed E-state index contributed by atoms with van der Waals surface area (Å²) in [6.45, 7) is 3.06. The first-order chi connectivity index (χ1) is 7.24. The SMILES string of the molecule is CCCn1ncc(OC)c1C(O)COC. The van der Waals surface area contributed by atoms with E-state index in [0.29, 0.717) is 11.4 Å². The van der Waals surface area contributed by atoms with Crippen molar-refractivity contribution in [1.29, 1.82) is 0 Å². The molecule has 0 fully saturated rings. The molecule has 0 aliphatic rings. The third-order valence-corrected chi connectivity index (χ3v) is 2.14. The Hall–Kier alpha value is -1.07. The fraction of sp³-hybridized carbons (Fsp3) is 0.700. The summed E-state index contributed by atoms with van der Waals surface area (Å²) in [6.07, 6.45) is 1.88. The standard InChI is InChI=1S/C10H18N2O3/c1-4-5-12-10(8(13)7-14-2)9(15-3)6-11-12/h6,8,13H,4-5,7H2,1-3H3. The Morgan fingerprint density at radius 2 is 2.27 bits per heavy atom. The van der Waals surface area contributed by atoms with Crippen LogP contribution in [0.25, 0.3) is 0 Å². The molecule has 5 nitrogen and oxygen atoms in total. The molecular weight excluding hydrogens is 196 g/mol. The summed E-state index contributed by atoms with van der Waals surface area (Å²) < 4.78 is 11.8. The minimum Gasteiger partial charge on any atom is -0.493 e. The molecule has 1 rings (SSSR count). The summed E-state index contributed by atoms with van der Waals surface area (Å²) in [5.74, 6) is 0.605. The maximum Gasteiger partial charge on any atom is 0.162 e. The van der Waals surface area contributed by atoms with Crippen molar-refractivity contribution in [1.82, 2.24) is 9.78 Å². The molecule has 0 saturated heterocycles. The predicted molar refractivity (Wildman–Crippen MR) is 55.9 cm³/mol. The Morgan fingerprint density at radius 3 is 2.80 bits per heavy atom. The van der Waals surface area contributed by atoms with Crippen LogP contribution in [0.3, 0.4) is 0 Å². The van der Waals surface area contributed by atoms with Gasteiger partial charge in [-0.1, -0.05) is 6.92 Å². The summed E-state index contributed by atoms with van der Waals surface area (Å²) in [5, 5.41) is 14.0. The fourth-order valence-electron chi connectivity index (χ4n) is 1.50. The topological polar surface area (TPSA) is 56.5 Å². The van der Waals surface area contributed by atoms with E-state index in [1.807, 2.05) is 0 Å². The monoisotopic (exact) mass is 214 g/mol. The number of hydrogen-bond donors (Lipinski definition) is 1. The Morgan fingerprint density at radius 1 is 1.53 bits per heavy atom. The molecule has 0 amide bonds. The van der Waals surface area contributed by atoms with E-state index in [1.54, 1.807) is 25.1 Å². The van der Waals surface area contributed by atoms with Crippen LogP contribution >= 0.6 is 0 Å². The molecule has 0 radical (unpaired) electrons. The van der Waals surface area contributed by atoms with Crippen LogP contribution in [0.2, 0.25) is 0 Å². The van der Waals surface area contributed by atoms with Crippen molar-refractivity contribution >= 4 is 0 Å². The molecule has 15 heavy (non-hydrogen) atoms. The molecule has 86 valence electrons. The minimum absolute atomic E-state index is 0.242. The molecule has 0 saturated carbocycles. The van der Waals surface area contributed by atoms with E-state index in [2.05, 4.69) is 12.0 Å². The van der Waals surface area contributed by atoms with Crippen molar-refractivity contribution in [2.75, 3.05) is 20.8 Å². The molecule has 0 aromatic carbocycles. The van der Waals surface area contributed by atoms with Gasteiger partial charge in [-0.05, 0) is 6.42 Å². The molecular formula is C10H18N2O3. The lowest BCUT2D eigenvalue weighted by atomic mass is 10.2. The maximum atomic E-state index is 9.86. The highest BCUT2D eigenvalue weighted by Gasteiger charge is 2.19. The lowest BCUT2D eigenvalue weighted by Crippen LogP contribution is -2.13. The maximum absolute atomic E-state index is 9.86. The van der Waals surface area contributed by atoms with Gasteiger partial charge in [0, 0.05) is 13.7 Å². The van der Waals surface area contributed by atoms with Gasteiger partial charge in [-0.25, -0.2) is 0 Å². The number of methoxy groups -OCH3 is 2. The zero-order chi connectivity index (χ0) is 11.3. The largest absolute Gasteiger partial charge is 0.493 e. The van der Waals surface area contributed by atoms with Crippen molar-refractivity contribution in [3.8, 4) is 5.75 Å². The van der Waals surface area contributed by atoms with Gasteiger partial charge in [0.05, 0.1) is 19.9 Å². The minimum atomic E-state index is -0.695. The lowest BCUT2D eigenvalue weighted by molar-refractivity contribution is 0.0568. The smallest absolute Gasteiger partial charge is 0.162 e. The van der Waals surface area contributed by atoms with Crippen LogP contribution in [0, 0.1) is 0 Å². The van der Waals surface area contributed by atoms with Crippen molar-refractivity contribution in [3.05, 3.63) is 11.9 Å². The summed E-state index contributed by atoms with van der Waals surface area (Å²) >= 11 is 0. The molecule has 0 bridgehead atoms. The highest BCUT2D eigenvalue weighted by atomic mass is 16.5. The average molecular weight is 214 g/mol. The van der Waals surface area contributed by atoms with Gasteiger partial charge in [0.1, 0.15) is 11.8 Å². The number of rotatable bonds is 6. The third kappa shape index (κ3) is 2.70. The van der Waals surface area contributed by atoms with E-state index in [0.717, 1.165) is 13.0 Å². The Labute approximate surface area is 89.6 Å². The second kappa shape index (κ2) is 5.72.